The van der Waals surface area contributed by atoms with Gasteiger partial charge in [-0.2, -0.15) is 0 Å². The quantitative estimate of drug-likeness (QED) is 0.772. The number of allylic oxidation sites excluding steroid dienone is 3. The van der Waals surface area contributed by atoms with E-state index in [9.17, 15) is 0 Å². The Balaban J connectivity index is 1.57. The summed E-state index contributed by atoms with van der Waals surface area (Å²) in [4.78, 5) is 6.54. The van der Waals surface area contributed by atoms with Crippen LogP contribution in [0.3, 0.4) is 0 Å². The Morgan fingerprint density at radius 3 is 2.83 bits per heavy atom. The molecule has 3 rings (SSSR count). The molecule has 3 aliphatic rings. The van der Waals surface area contributed by atoms with Crippen LogP contribution >= 0.6 is 11.8 Å². The third-order valence-electron chi connectivity index (χ3n) is 3.98. The van der Waals surface area contributed by atoms with Crippen LogP contribution in [0.1, 0.15) is 19.3 Å². The average molecular weight is 262 g/mol. The van der Waals surface area contributed by atoms with Crippen LogP contribution in [0.5, 0.6) is 0 Å². The van der Waals surface area contributed by atoms with Crippen LogP contribution in [0.25, 0.3) is 0 Å². The molecule has 0 amide bonds. The highest BCUT2D eigenvalue weighted by Crippen LogP contribution is 2.39. The molecule has 3 heteroatoms. The first-order chi connectivity index (χ1) is 8.83. The molecule has 0 N–H and O–H groups in total. The lowest BCUT2D eigenvalue weighted by Crippen LogP contribution is -2.27. The van der Waals surface area contributed by atoms with Gasteiger partial charge in [0, 0.05) is 30.6 Å². The molecule has 2 atom stereocenters. The van der Waals surface area contributed by atoms with Gasteiger partial charge in [0.25, 0.3) is 0 Å². The Morgan fingerprint density at radius 2 is 2.11 bits per heavy atom. The lowest BCUT2D eigenvalue weighted by atomic mass is 10.0. The molecule has 0 bridgehead atoms. The summed E-state index contributed by atoms with van der Waals surface area (Å²) < 4.78 is 0. The highest BCUT2D eigenvalue weighted by molar-refractivity contribution is 8.03. The van der Waals surface area contributed by atoms with Gasteiger partial charge in [-0.25, -0.2) is 0 Å². The van der Waals surface area contributed by atoms with Crippen molar-refractivity contribution in [2.75, 3.05) is 26.7 Å². The maximum atomic E-state index is 2.59. The maximum Gasteiger partial charge on any atom is 0.0851 e. The normalized spacial score (nSPS) is 32.3. The van der Waals surface area contributed by atoms with E-state index in [0.29, 0.717) is 11.3 Å². The second kappa shape index (κ2) is 5.54. The van der Waals surface area contributed by atoms with E-state index in [-0.39, 0.29) is 0 Å². The largest absolute Gasteiger partial charge is 0.367 e. The lowest BCUT2D eigenvalue weighted by Gasteiger charge is -2.27. The van der Waals surface area contributed by atoms with E-state index in [4.69, 9.17) is 0 Å². The number of hydrogen-bond acceptors (Lipinski definition) is 3. The molecule has 2 heterocycles. The summed E-state index contributed by atoms with van der Waals surface area (Å²) in [6, 6.07) is 0. The summed E-state index contributed by atoms with van der Waals surface area (Å²) in [5.74, 6) is 0.664. The van der Waals surface area contributed by atoms with E-state index < -0.39 is 0 Å². The van der Waals surface area contributed by atoms with Gasteiger partial charge < -0.3 is 4.90 Å². The Kier molecular flexibility index (Phi) is 3.80. The molecule has 0 aromatic rings. The van der Waals surface area contributed by atoms with Crippen LogP contribution in [0.15, 0.2) is 35.4 Å². The second-order valence-electron chi connectivity index (χ2n) is 5.47. The average Bonchev–Trinajstić information content (AvgIpc) is 3.01. The van der Waals surface area contributed by atoms with Crippen molar-refractivity contribution in [3.8, 4) is 0 Å². The topological polar surface area (TPSA) is 6.48 Å². The van der Waals surface area contributed by atoms with E-state index in [0.717, 1.165) is 6.54 Å². The fourth-order valence-electron chi connectivity index (χ4n) is 3.01. The van der Waals surface area contributed by atoms with Crippen LogP contribution in [-0.2, 0) is 0 Å². The molecule has 2 nitrogen and oxygen atoms in total. The number of rotatable bonds is 3. The predicted octanol–water partition coefficient (Wildman–Crippen LogP) is 3.06. The minimum absolute atomic E-state index is 0.601. The van der Waals surface area contributed by atoms with Gasteiger partial charge in [0.2, 0.25) is 0 Å². The van der Waals surface area contributed by atoms with E-state index in [2.05, 4.69) is 59.1 Å². The van der Waals surface area contributed by atoms with Gasteiger partial charge >= 0.3 is 0 Å². The van der Waals surface area contributed by atoms with Crippen molar-refractivity contribution in [2.45, 2.75) is 24.6 Å². The van der Waals surface area contributed by atoms with E-state index in [1.807, 2.05) is 0 Å². The SMILES string of the molecule is CN1C=C(CN2CCCC2)SC1C1C=CC=CC1. The van der Waals surface area contributed by atoms with Crippen molar-refractivity contribution in [3.63, 3.8) is 0 Å². The molecular formula is C15H22N2S. The van der Waals surface area contributed by atoms with Crippen molar-refractivity contribution in [1.82, 2.24) is 9.80 Å². The summed E-state index contributed by atoms with van der Waals surface area (Å²) in [5.41, 5.74) is 0. The van der Waals surface area contributed by atoms with E-state index in [1.54, 1.807) is 4.91 Å². The third-order valence-corrected chi connectivity index (χ3v) is 5.44. The molecule has 98 valence electrons. The number of nitrogens with zero attached hydrogens (tertiary/aromatic N) is 2. The molecule has 0 spiro atoms. The molecule has 1 fully saturated rings. The predicted molar refractivity (Wildman–Crippen MR) is 79.3 cm³/mol. The maximum absolute atomic E-state index is 2.59. The zero-order valence-electron chi connectivity index (χ0n) is 11.1. The Bertz CT molecular complexity index is 380. The van der Waals surface area contributed by atoms with Gasteiger partial charge in [0.15, 0.2) is 0 Å². The van der Waals surface area contributed by atoms with Gasteiger partial charge in [-0.15, -0.1) is 11.8 Å². The number of thioether (sulfide) groups is 1. The van der Waals surface area contributed by atoms with Gasteiger partial charge in [-0.1, -0.05) is 24.3 Å². The van der Waals surface area contributed by atoms with Crippen LogP contribution in [0.2, 0.25) is 0 Å². The molecule has 0 aromatic heterocycles. The standard InChI is InChI=1S/C15H22N2S/c1-16-11-14(12-17-9-5-6-10-17)18-15(16)13-7-3-2-4-8-13/h2-4,7,11,13,15H,5-6,8-10,12H2,1H3. The molecular weight excluding hydrogens is 240 g/mol. The van der Waals surface area contributed by atoms with Crippen molar-refractivity contribution < 1.29 is 0 Å². The fraction of sp³-hybridized carbons (Fsp3) is 0.600. The number of hydrogen-bond donors (Lipinski definition) is 0. The van der Waals surface area contributed by atoms with Crippen LogP contribution < -0.4 is 0 Å². The second-order valence-corrected chi connectivity index (χ2v) is 6.71. The zero-order chi connectivity index (χ0) is 12.4. The van der Waals surface area contributed by atoms with Crippen molar-refractivity contribution in [3.05, 3.63) is 35.4 Å². The third kappa shape index (κ3) is 2.67. The molecule has 0 saturated carbocycles. The minimum atomic E-state index is 0.601. The van der Waals surface area contributed by atoms with Crippen LogP contribution in [-0.4, -0.2) is 41.9 Å². The van der Waals surface area contributed by atoms with E-state index in [1.165, 1.54) is 32.4 Å². The Morgan fingerprint density at radius 1 is 1.28 bits per heavy atom. The first kappa shape index (κ1) is 12.4. The molecule has 18 heavy (non-hydrogen) atoms. The van der Waals surface area contributed by atoms with Gasteiger partial charge in [-0.05, 0) is 32.4 Å². The highest BCUT2D eigenvalue weighted by atomic mass is 32.2. The summed E-state index contributed by atoms with van der Waals surface area (Å²) in [5, 5.41) is 0.601. The number of likely N-dealkylation sites (tertiary alicyclic amines) is 1. The lowest BCUT2D eigenvalue weighted by molar-refractivity contribution is 0.360. The molecule has 2 unspecified atom stereocenters. The van der Waals surface area contributed by atoms with Crippen molar-refractivity contribution in [1.29, 1.82) is 0 Å². The Labute approximate surface area is 114 Å². The molecule has 1 aliphatic carbocycles. The van der Waals surface area contributed by atoms with E-state index >= 15 is 0 Å². The molecule has 0 radical (unpaired) electrons. The first-order valence-electron chi connectivity index (χ1n) is 6.98. The zero-order valence-corrected chi connectivity index (χ0v) is 11.9. The van der Waals surface area contributed by atoms with Crippen molar-refractivity contribution >= 4 is 11.8 Å². The van der Waals surface area contributed by atoms with Crippen LogP contribution in [0, 0.1) is 5.92 Å². The molecule has 1 saturated heterocycles. The van der Waals surface area contributed by atoms with Gasteiger partial charge in [-0.3, -0.25) is 4.90 Å². The summed E-state index contributed by atoms with van der Waals surface area (Å²) in [6.45, 7) is 3.74. The molecule has 2 aliphatic heterocycles. The highest BCUT2D eigenvalue weighted by Gasteiger charge is 2.29. The molecule has 0 aromatic carbocycles. The van der Waals surface area contributed by atoms with Crippen LogP contribution in [0.4, 0.5) is 0 Å². The van der Waals surface area contributed by atoms with Crippen molar-refractivity contribution in [2.24, 2.45) is 5.92 Å². The monoisotopic (exact) mass is 262 g/mol. The minimum Gasteiger partial charge on any atom is -0.367 e. The first-order valence-corrected chi connectivity index (χ1v) is 7.86. The smallest absolute Gasteiger partial charge is 0.0851 e. The van der Waals surface area contributed by atoms with Gasteiger partial charge in [0.05, 0.1) is 5.37 Å². The summed E-state index contributed by atoms with van der Waals surface area (Å²) in [7, 11) is 2.22. The summed E-state index contributed by atoms with van der Waals surface area (Å²) in [6.07, 6.45) is 15.3. The summed E-state index contributed by atoms with van der Waals surface area (Å²) >= 11 is 2.07. The van der Waals surface area contributed by atoms with Gasteiger partial charge in [0.1, 0.15) is 0 Å². The Hall–Kier alpha value is -0.670. The fourth-order valence-corrected chi connectivity index (χ4v) is 4.41.